The van der Waals surface area contributed by atoms with Gasteiger partial charge in [-0.15, -0.1) is 0 Å². The molecule has 0 aromatic carbocycles. The zero-order valence-electron chi connectivity index (χ0n) is 9.80. The molecule has 0 spiro atoms. The Morgan fingerprint density at radius 3 is 3.28 bits per heavy atom. The molecule has 2 bridgehead atoms. The second-order valence-corrected chi connectivity index (χ2v) is 4.95. The molecule has 6 heteroatoms. The molecular weight excluding hydrogens is 234 g/mol. The Hall–Kier alpha value is -1.53. The van der Waals surface area contributed by atoms with Crippen molar-refractivity contribution in [2.75, 3.05) is 19.7 Å². The van der Waals surface area contributed by atoms with Crippen molar-refractivity contribution in [3.8, 4) is 0 Å². The first-order chi connectivity index (χ1) is 8.72. The van der Waals surface area contributed by atoms with Gasteiger partial charge in [-0.05, 0) is 18.4 Å². The number of ether oxygens (including phenoxy) is 1. The van der Waals surface area contributed by atoms with E-state index in [2.05, 4.69) is 21.6 Å². The van der Waals surface area contributed by atoms with Crippen LogP contribution in [0.5, 0.6) is 0 Å². The van der Waals surface area contributed by atoms with Gasteiger partial charge in [-0.1, -0.05) is 0 Å². The highest BCUT2D eigenvalue weighted by Crippen LogP contribution is 2.40. The standard InChI is InChI=1S/C12H14N3O3/c16-11(17)10-12(9-1-2-13-7-15-9)3-8(5-18-10)4-14-6-12/h1-2,8,10,14H,3-6H2,(H,16,17). The van der Waals surface area contributed by atoms with E-state index in [9.17, 15) is 9.90 Å². The lowest BCUT2D eigenvalue weighted by Gasteiger charge is -2.48. The van der Waals surface area contributed by atoms with Gasteiger partial charge in [-0.3, -0.25) is 0 Å². The average molecular weight is 248 g/mol. The molecule has 0 saturated carbocycles. The number of nitrogens with zero attached hydrogens (tertiary/aromatic N) is 2. The van der Waals surface area contributed by atoms with E-state index in [4.69, 9.17) is 4.74 Å². The summed E-state index contributed by atoms with van der Waals surface area (Å²) in [6.07, 6.45) is 4.05. The fourth-order valence-corrected chi connectivity index (χ4v) is 3.04. The van der Waals surface area contributed by atoms with E-state index < -0.39 is 17.5 Å². The quantitative estimate of drug-likeness (QED) is 0.741. The first-order valence-electron chi connectivity index (χ1n) is 5.97. The van der Waals surface area contributed by atoms with Crippen molar-refractivity contribution in [2.24, 2.45) is 5.92 Å². The fourth-order valence-electron chi connectivity index (χ4n) is 3.04. The molecule has 1 aromatic heterocycles. The van der Waals surface area contributed by atoms with Gasteiger partial charge in [0, 0.05) is 19.3 Å². The molecule has 2 saturated heterocycles. The number of aliphatic carboxylic acids is 1. The second kappa shape index (κ2) is 4.29. The van der Waals surface area contributed by atoms with Crippen LogP contribution in [0.1, 0.15) is 12.1 Å². The van der Waals surface area contributed by atoms with Gasteiger partial charge in [0.1, 0.15) is 0 Å². The summed E-state index contributed by atoms with van der Waals surface area (Å²) in [6.45, 7) is 1.91. The maximum absolute atomic E-state index is 11.4. The van der Waals surface area contributed by atoms with Gasteiger partial charge in [0.15, 0.2) is 12.4 Å². The molecule has 2 aliphatic heterocycles. The molecule has 2 fully saturated rings. The maximum atomic E-state index is 11.4. The number of nitrogens with one attached hydrogen (secondary N) is 1. The van der Waals surface area contributed by atoms with E-state index in [1.807, 2.05) is 0 Å². The van der Waals surface area contributed by atoms with Gasteiger partial charge in [-0.25, -0.2) is 14.8 Å². The Morgan fingerprint density at radius 1 is 1.67 bits per heavy atom. The minimum Gasteiger partial charge on any atom is -0.479 e. The summed E-state index contributed by atoms with van der Waals surface area (Å²) in [4.78, 5) is 19.3. The van der Waals surface area contributed by atoms with Gasteiger partial charge >= 0.3 is 5.97 Å². The molecule has 3 rings (SSSR count). The number of fused-ring (bicyclic) bond motifs is 2. The Labute approximate surface area is 104 Å². The minimum absolute atomic E-state index is 0.337. The summed E-state index contributed by atoms with van der Waals surface area (Å²) in [5.74, 6) is -0.597. The van der Waals surface area contributed by atoms with Gasteiger partial charge in [0.25, 0.3) is 0 Å². The lowest BCUT2D eigenvalue weighted by molar-refractivity contribution is -0.167. The van der Waals surface area contributed by atoms with Crippen LogP contribution < -0.4 is 5.32 Å². The van der Waals surface area contributed by atoms with Gasteiger partial charge < -0.3 is 15.2 Å². The van der Waals surface area contributed by atoms with Crippen molar-refractivity contribution in [3.05, 3.63) is 24.3 Å². The van der Waals surface area contributed by atoms with Crippen molar-refractivity contribution in [1.82, 2.24) is 15.3 Å². The Bertz CT molecular complexity index is 453. The number of hydrogen-bond donors (Lipinski definition) is 2. The highest BCUT2D eigenvalue weighted by Gasteiger charge is 2.52. The molecule has 2 aliphatic rings. The van der Waals surface area contributed by atoms with E-state index >= 15 is 0 Å². The van der Waals surface area contributed by atoms with E-state index in [1.54, 1.807) is 12.3 Å². The van der Waals surface area contributed by atoms with Crippen molar-refractivity contribution >= 4 is 5.97 Å². The van der Waals surface area contributed by atoms with Crippen LogP contribution in [0.3, 0.4) is 0 Å². The zero-order chi connectivity index (χ0) is 12.6. The SMILES string of the molecule is O=C(O)C1OCC2CNCC1(c1ccn[c]n1)C2. The third-order valence-electron chi connectivity index (χ3n) is 3.80. The summed E-state index contributed by atoms with van der Waals surface area (Å²) >= 11 is 0. The van der Waals surface area contributed by atoms with Crippen LogP contribution in [0.2, 0.25) is 0 Å². The third-order valence-corrected chi connectivity index (χ3v) is 3.80. The molecule has 0 aliphatic carbocycles. The lowest BCUT2D eigenvalue weighted by Crippen LogP contribution is -2.62. The zero-order valence-corrected chi connectivity index (χ0v) is 9.80. The van der Waals surface area contributed by atoms with Crippen molar-refractivity contribution < 1.29 is 14.6 Å². The van der Waals surface area contributed by atoms with Gasteiger partial charge in [0.05, 0.1) is 17.7 Å². The van der Waals surface area contributed by atoms with Crippen LogP contribution in [0.25, 0.3) is 0 Å². The fraction of sp³-hybridized carbons (Fsp3) is 0.583. The van der Waals surface area contributed by atoms with E-state index in [1.165, 1.54) is 0 Å². The van der Waals surface area contributed by atoms with E-state index in [0.717, 1.165) is 13.0 Å². The van der Waals surface area contributed by atoms with E-state index in [0.29, 0.717) is 24.8 Å². The number of carboxylic acid groups (broad SMARTS) is 1. The molecule has 6 nitrogen and oxygen atoms in total. The van der Waals surface area contributed by atoms with Crippen LogP contribution in [-0.2, 0) is 14.9 Å². The van der Waals surface area contributed by atoms with Crippen LogP contribution in [0.4, 0.5) is 0 Å². The van der Waals surface area contributed by atoms with Crippen LogP contribution >= 0.6 is 0 Å². The third kappa shape index (κ3) is 1.69. The first-order valence-corrected chi connectivity index (χ1v) is 5.97. The number of carboxylic acids is 1. The number of rotatable bonds is 2. The van der Waals surface area contributed by atoms with Crippen LogP contribution in [-0.4, -0.2) is 46.8 Å². The Morgan fingerprint density at radius 2 is 2.56 bits per heavy atom. The summed E-state index contributed by atoms with van der Waals surface area (Å²) in [6, 6.07) is 1.76. The second-order valence-electron chi connectivity index (χ2n) is 4.95. The molecule has 3 atom stereocenters. The molecule has 1 radical (unpaired) electrons. The van der Waals surface area contributed by atoms with Gasteiger partial charge in [0.2, 0.25) is 0 Å². The maximum Gasteiger partial charge on any atom is 0.333 e. The molecule has 0 amide bonds. The highest BCUT2D eigenvalue weighted by atomic mass is 16.5. The van der Waals surface area contributed by atoms with E-state index in [-0.39, 0.29) is 0 Å². The molecular formula is C12H14N3O3. The summed E-state index contributed by atoms with van der Waals surface area (Å²) in [5, 5.41) is 12.7. The summed E-state index contributed by atoms with van der Waals surface area (Å²) < 4.78 is 5.55. The van der Waals surface area contributed by atoms with Crippen molar-refractivity contribution in [1.29, 1.82) is 0 Å². The Kier molecular flexibility index (Phi) is 2.76. The first kappa shape index (κ1) is 11.6. The normalized spacial score (nSPS) is 35.1. The number of piperidine rings is 1. The van der Waals surface area contributed by atoms with Crippen LogP contribution in [0.15, 0.2) is 12.3 Å². The summed E-state index contributed by atoms with van der Waals surface area (Å²) in [7, 11) is 0. The Balaban J connectivity index is 2.05. The molecule has 18 heavy (non-hydrogen) atoms. The smallest absolute Gasteiger partial charge is 0.333 e. The van der Waals surface area contributed by atoms with Crippen molar-refractivity contribution in [2.45, 2.75) is 17.9 Å². The predicted molar refractivity (Wildman–Crippen MR) is 60.9 cm³/mol. The van der Waals surface area contributed by atoms with Crippen molar-refractivity contribution in [3.63, 3.8) is 0 Å². The molecule has 1 aromatic rings. The largest absolute Gasteiger partial charge is 0.479 e. The minimum atomic E-state index is -0.934. The monoisotopic (exact) mass is 248 g/mol. The molecule has 2 N–H and O–H groups in total. The molecule has 95 valence electrons. The molecule has 3 unspecified atom stereocenters. The topological polar surface area (TPSA) is 84.3 Å². The number of hydrogen-bond acceptors (Lipinski definition) is 5. The lowest BCUT2D eigenvalue weighted by atomic mass is 9.68. The van der Waals surface area contributed by atoms with Gasteiger partial charge in [-0.2, -0.15) is 0 Å². The summed E-state index contributed by atoms with van der Waals surface area (Å²) in [5.41, 5.74) is 0.0914. The molecule has 3 heterocycles. The number of carbonyl (C=O) groups is 1. The van der Waals surface area contributed by atoms with Crippen LogP contribution in [0, 0.1) is 12.2 Å². The highest BCUT2D eigenvalue weighted by molar-refractivity contribution is 5.75. The number of aromatic nitrogens is 2. The predicted octanol–water partition coefficient (Wildman–Crippen LogP) is -0.393. The average Bonchev–Trinajstić information content (AvgIpc) is 2.39.